The number of hydrogen-bond donors (Lipinski definition) is 1. The van der Waals surface area contributed by atoms with Gasteiger partial charge >= 0.3 is 5.97 Å². The van der Waals surface area contributed by atoms with Gasteiger partial charge in [-0.2, -0.15) is 0 Å². The molecule has 162 valence electrons. The number of thioether (sulfide) groups is 1. The van der Waals surface area contributed by atoms with Gasteiger partial charge in [0, 0.05) is 0 Å². The topological polar surface area (TPSA) is 95.5 Å². The fourth-order valence-electron chi connectivity index (χ4n) is 2.56. The van der Waals surface area contributed by atoms with E-state index in [-0.39, 0.29) is 12.5 Å². The zero-order valence-corrected chi connectivity index (χ0v) is 19.3. The Hall–Kier alpha value is -2.98. The van der Waals surface area contributed by atoms with E-state index in [9.17, 15) is 9.59 Å². The van der Waals surface area contributed by atoms with Gasteiger partial charge in [-0.3, -0.25) is 4.79 Å². The highest BCUT2D eigenvalue weighted by atomic mass is 79.9. The summed E-state index contributed by atoms with van der Waals surface area (Å²) in [6.45, 7) is -0.255. The van der Waals surface area contributed by atoms with E-state index < -0.39 is 5.97 Å². The van der Waals surface area contributed by atoms with E-state index in [0.717, 1.165) is 5.75 Å². The Labute approximate surface area is 191 Å². The van der Waals surface area contributed by atoms with Gasteiger partial charge in [0.25, 0.3) is 5.91 Å². The molecule has 0 unspecified atom stereocenters. The van der Waals surface area contributed by atoms with Gasteiger partial charge in [0.05, 0.1) is 36.4 Å². The van der Waals surface area contributed by atoms with E-state index in [1.807, 2.05) is 0 Å². The monoisotopic (exact) mass is 506 g/mol. The number of amidine groups is 1. The number of aliphatic imine (C=N–C) groups is 1. The Morgan fingerprint density at radius 1 is 1.16 bits per heavy atom. The molecule has 1 heterocycles. The third-order valence-electron chi connectivity index (χ3n) is 4.07. The molecule has 2 aromatic carbocycles. The van der Waals surface area contributed by atoms with E-state index in [1.54, 1.807) is 49.6 Å². The molecular formula is C21H19BrN2O6S. The van der Waals surface area contributed by atoms with Crippen molar-refractivity contribution in [2.75, 3.05) is 27.9 Å². The van der Waals surface area contributed by atoms with Crippen LogP contribution in [-0.2, 0) is 14.3 Å². The Balaban J connectivity index is 1.80. The fraction of sp³-hybridized carbons (Fsp3) is 0.190. The minimum atomic E-state index is -0.511. The molecule has 0 aromatic heterocycles. The summed E-state index contributed by atoms with van der Waals surface area (Å²) in [6, 6.07) is 10.7. The summed E-state index contributed by atoms with van der Waals surface area (Å²) in [5.41, 5.74) is 1.40. The number of methoxy groups -OCH3 is 3. The number of benzene rings is 2. The Bertz CT molecular complexity index is 1050. The van der Waals surface area contributed by atoms with E-state index in [1.165, 1.54) is 26.0 Å². The molecule has 0 spiro atoms. The molecular weight excluding hydrogens is 488 g/mol. The quantitative estimate of drug-likeness (QED) is 0.449. The number of nitrogens with zero attached hydrogens (tertiary/aromatic N) is 1. The summed E-state index contributed by atoms with van der Waals surface area (Å²) in [4.78, 5) is 28.6. The minimum Gasteiger partial charge on any atom is -0.497 e. The van der Waals surface area contributed by atoms with Crippen molar-refractivity contribution in [1.82, 2.24) is 5.32 Å². The predicted molar refractivity (Wildman–Crippen MR) is 122 cm³/mol. The summed E-state index contributed by atoms with van der Waals surface area (Å²) < 4.78 is 21.1. The first kappa shape index (κ1) is 22.7. The summed E-state index contributed by atoms with van der Waals surface area (Å²) in [7, 11) is 4.36. The van der Waals surface area contributed by atoms with Gasteiger partial charge in [-0.1, -0.05) is 0 Å². The van der Waals surface area contributed by atoms with E-state index in [2.05, 4.69) is 31.0 Å². The lowest BCUT2D eigenvalue weighted by atomic mass is 10.2. The van der Waals surface area contributed by atoms with E-state index >= 15 is 0 Å². The van der Waals surface area contributed by atoms with Gasteiger partial charge in [0.2, 0.25) is 0 Å². The van der Waals surface area contributed by atoms with Crippen molar-refractivity contribution in [1.29, 1.82) is 0 Å². The SMILES string of the molecule is COC(=O)COc1c(Br)cc(/C=C2/SC(=Nc3ccc(OC)cc3)NC2=O)cc1OC. The molecule has 1 aliphatic heterocycles. The molecule has 0 radical (unpaired) electrons. The molecule has 2 aromatic rings. The molecule has 31 heavy (non-hydrogen) atoms. The van der Waals surface area contributed by atoms with Crippen LogP contribution >= 0.6 is 27.7 Å². The van der Waals surface area contributed by atoms with Crippen LogP contribution in [0.2, 0.25) is 0 Å². The summed E-state index contributed by atoms with van der Waals surface area (Å²) in [5.74, 6) is 0.730. The minimum absolute atomic E-state index is 0.252. The molecule has 1 fully saturated rings. The molecule has 8 nitrogen and oxygen atoms in total. The number of carbonyl (C=O) groups is 2. The van der Waals surface area contributed by atoms with Crippen LogP contribution in [0, 0.1) is 0 Å². The molecule has 10 heteroatoms. The fourth-order valence-corrected chi connectivity index (χ4v) is 3.98. The van der Waals surface area contributed by atoms with Crippen molar-refractivity contribution in [2.45, 2.75) is 0 Å². The van der Waals surface area contributed by atoms with Crippen LogP contribution in [0.5, 0.6) is 17.2 Å². The molecule has 0 aliphatic carbocycles. The maximum atomic E-state index is 12.4. The van der Waals surface area contributed by atoms with Crippen molar-refractivity contribution < 1.29 is 28.5 Å². The second-order valence-corrected chi connectivity index (χ2v) is 7.96. The second kappa shape index (κ2) is 10.4. The predicted octanol–water partition coefficient (Wildman–Crippen LogP) is 3.91. The third kappa shape index (κ3) is 5.80. The van der Waals surface area contributed by atoms with Crippen LogP contribution in [0.4, 0.5) is 5.69 Å². The number of ether oxygens (including phenoxy) is 4. The molecule has 1 aliphatic rings. The average molecular weight is 507 g/mol. The van der Waals surface area contributed by atoms with Crippen LogP contribution in [0.15, 0.2) is 50.8 Å². The Morgan fingerprint density at radius 3 is 2.55 bits per heavy atom. The first-order chi connectivity index (χ1) is 14.9. The normalized spacial score (nSPS) is 15.7. The zero-order chi connectivity index (χ0) is 22.4. The number of carbonyl (C=O) groups excluding carboxylic acids is 2. The summed E-state index contributed by atoms with van der Waals surface area (Å²) in [6.07, 6.45) is 1.72. The van der Waals surface area contributed by atoms with Gasteiger partial charge < -0.3 is 24.3 Å². The lowest BCUT2D eigenvalue weighted by Crippen LogP contribution is -2.19. The maximum absolute atomic E-state index is 12.4. The molecule has 0 bridgehead atoms. The molecule has 1 amide bonds. The molecule has 0 atom stereocenters. The molecule has 1 N–H and O–H groups in total. The number of rotatable bonds is 7. The zero-order valence-electron chi connectivity index (χ0n) is 16.9. The van der Waals surface area contributed by atoms with Crippen LogP contribution in [0.1, 0.15) is 5.56 Å². The number of halogens is 1. The highest BCUT2D eigenvalue weighted by Gasteiger charge is 2.24. The van der Waals surface area contributed by atoms with Crippen molar-refractivity contribution in [2.24, 2.45) is 4.99 Å². The molecule has 3 rings (SSSR count). The van der Waals surface area contributed by atoms with Crippen LogP contribution in [0.25, 0.3) is 6.08 Å². The lowest BCUT2D eigenvalue weighted by Gasteiger charge is -2.12. The molecule has 1 saturated heterocycles. The Morgan fingerprint density at radius 2 is 1.90 bits per heavy atom. The number of esters is 1. The van der Waals surface area contributed by atoms with E-state index in [0.29, 0.717) is 37.3 Å². The van der Waals surface area contributed by atoms with Crippen LogP contribution < -0.4 is 19.5 Å². The summed E-state index contributed by atoms with van der Waals surface area (Å²) >= 11 is 4.65. The number of nitrogens with one attached hydrogen (secondary N) is 1. The van der Waals surface area contributed by atoms with E-state index in [4.69, 9.17) is 14.2 Å². The van der Waals surface area contributed by atoms with Gasteiger partial charge in [-0.05, 0) is 75.7 Å². The first-order valence-corrected chi connectivity index (χ1v) is 10.5. The van der Waals surface area contributed by atoms with Crippen molar-refractivity contribution in [3.05, 3.63) is 51.3 Å². The second-order valence-electron chi connectivity index (χ2n) is 6.08. The largest absolute Gasteiger partial charge is 0.497 e. The summed E-state index contributed by atoms with van der Waals surface area (Å²) in [5, 5.41) is 3.23. The number of hydrogen-bond acceptors (Lipinski definition) is 8. The van der Waals surface area contributed by atoms with Gasteiger partial charge in [0.15, 0.2) is 23.3 Å². The molecule has 0 saturated carbocycles. The van der Waals surface area contributed by atoms with Crippen molar-refractivity contribution >= 4 is 56.5 Å². The highest BCUT2D eigenvalue weighted by molar-refractivity contribution is 9.10. The van der Waals surface area contributed by atoms with Gasteiger partial charge in [-0.15, -0.1) is 0 Å². The lowest BCUT2D eigenvalue weighted by molar-refractivity contribution is -0.142. The van der Waals surface area contributed by atoms with Gasteiger partial charge in [-0.25, -0.2) is 9.79 Å². The maximum Gasteiger partial charge on any atom is 0.343 e. The van der Waals surface area contributed by atoms with Crippen LogP contribution in [-0.4, -0.2) is 45.0 Å². The highest BCUT2D eigenvalue weighted by Crippen LogP contribution is 2.38. The smallest absolute Gasteiger partial charge is 0.343 e. The standard InChI is InChI=1S/C21H19BrN2O6S/c1-27-14-6-4-13(5-7-14)23-21-24-20(26)17(31-21)10-12-8-15(22)19(16(9-12)28-2)30-11-18(25)29-3/h4-10H,11H2,1-3H3,(H,23,24,26)/b17-10+. The van der Waals surface area contributed by atoms with Crippen molar-refractivity contribution in [3.8, 4) is 17.2 Å². The number of amides is 1. The third-order valence-corrected chi connectivity index (χ3v) is 5.56. The van der Waals surface area contributed by atoms with Crippen LogP contribution in [0.3, 0.4) is 0 Å². The Kier molecular flexibility index (Phi) is 7.59. The average Bonchev–Trinajstić information content (AvgIpc) is 3.11. The van der Waals surface area contributed by atoms with Crippen molar-refractivity contribution in [3.63, 3.8) is 0 Å². The van der Waals surface area contributed by atoms with Gasteiger partial charge in [0.1, 0.15) is 5.75 Å². The first-order valence-electron chi connectivity index (χ1n) is 8.94.